The van der Waals surface area contributed by atoms with E-state index >= 15 is 0 Å². The van der Waals surface area contributed by atoms with Gasteiger partial charge in [0.15, 0.2) is 0 Å². The lowest BCUT2D eigenvalue weighted by atomic mass is 9.96. The molecule has 1 N–H and O–H groups in total. The molecule has 0 saturated carbocycles. The van der Waals surface area contributed by atoms with Gasteiger partial charge in [0.2, 0.25) is 15.9 Å². The lowest BCUT2D eigenvalue weighted by Gasteiger charge is -2.33. The number of carbonyl (C=O) groups excluding carboxylic acids is 2. The van der Waals surface area contributed by atoms with Crippen molar-refractivity contribution in [2.45, 2.75) is 50.8 Å². The highest BCUT2D eigenvalue weighted by Crippen LogP contribution is 2.34. The van der Waals surface area contributed by atoms with Crippen molar-refractivity contribution in [3.8, 4) is 0 Å². The summed E-state index contributed by atoms with van der Waals surface area (Å²) in [7, 11) is -3.86. The number of H-pyrrole nitrogens is 1. The Morgan fingerprint density at radius 3 is 2.32 bits per heavy atom. The van der Waals surface area contributed by atoms with Crippen molar-refractivity contribution < 1.29 is 18.0 Å². The van der Waals surface area contributed by atoms with Crippen molar-refractivity contribution in [3.63, 3.8) is 0 Å². The van der Waals surface area contributed by atoms with Crippen molar-refractivity contribution in [1.29, 1.82) is 0 Å². The van der Waals surface area contributed by atoms with Crippen LogP contribution in [0.2, 0.25) is 0 Å². The predicted molar refractivity (Wildman–Crippen MR) is 129 cm³/mol. The standard InChI is InChI=1S/C25H32N4O4S/c1-17-22(25(31)27-12-5-6-13-27)23(18(2)26-17)34(32,33)28-14-9-20(10-15-28)24(30)29-16-11-19-7-3-4-8-21(19)29/h3-4,7-8,20,26H,5-6,9-16H2,1-2H3. The largest absolute Gasteiger partial charge is 0.361 e. The second-order valence-electron chi connectivity index (χ2n) is 9.63. The predicted octanol–water partition coefficient (Wildman–Crippen LogP) is 2.86. The number of nitrogens with zero attached hydrogens (tertiary/aromatic N) is 3. The summed E-state index contributed by atoms with van der Waals surface area (Å²) < 4.78 is 28.8. The number of anilines is 1. The van der Waals surface area contributed by atoms with E-state index in [9.17, 15) is 18.0 Å². The molecule has 8 nitrogen and oxygen atoms in total. The molecule has 2 fully saturated rings. The molecule has 0 atom stereocenters. The van der Waals surface area contributed by atoms with E-state index in [0.717, 1.165) is 24.9 Å². The highest BCUT2D eigenvalue weighted by atomic mass is 32.2. The zero-order chi connectivity index (χ0) is 24.0. The summed E-state index contributed by atoms with van der Waals surface area (Å²) in [5.74, 6) is -0.325. The Morgan fingerprint density at radius 1 is 0.941 bits per heavy atom. The molecule has 2 saturated heterocycles. The van der Waals surface area contributed by atoms with Gasteiger partial charge in [0.25, 0.3) is 5.91 Å². The molecule has 9 heteroatoms. The second-order valence-corrected chi connectivity index (χ2v) is 11.5. The molecule has 4 heterocycles. The van der Waals surface area contributed by atoms with E-state index in [-0.39, 0.29) is 41.3 Å². The number of piperidine rings is 1. The van der Waals surface area contributed by atoms with E-state index in [2.05, 4.69) is 11.1 Å². The van der Waals surface area contributed by atoms with Crippen molar-refractivity contribution >= 4 is 27.5 Å². The average molecular weight is 485 g/mol. The Labute approximate surface area is 201 Å². The molecule has 0 spiro atoms. The summed E-state index contributed by atoms with van der Waals surface area (Å²) >= 11 is 0. The average Bonchev–Trinajstić information content (AvgIpc) is 3.57. The normalized spacial score (nSPS) is 19.6. The summed E-state index contributed by atoms with van der Waals surface area (Å²) in [6.07, 6.45) is 3.71. The molecule has 0 bridgehead atoms. The fraction of sp³-hybridized carbons (Fsp3) is 0.520. The van der Waals surface area contributed by atoms with Gasteiger partial charge in [0.05, 0.1) is 5.56 Å². The van der Waals surface area contributed by atoms with Crippen molar-refractivity contribution in [2.75, 3.05) is 37.6 Å². The van der Waals surface area contributed by atoms with Gasteiger partial charge in [0, 0.05) is 55.7 Å². The number of hydrogen-bond acceptors (Lipinski definition) is 4. The van der Waals surface area contributed by atoms with Crippen LogP contribution in [0.25, 0.3) is 0 Å². The zero-order valence-corrected chi connectivity index (χ0v) is 20.7. The minimum atomic E-state index is -3.86. The Kier molecular flexibility index (Phi) is 6.02. The van der Waals surface area contributed by atoms with Crippen molar-refractivity contribution in [2.24, 2.45) is 5.92 Å². The van der Waals surface area contributed by atoms with Gasteiger partial charge >= 0.3 is 0 Å². The molecular formula is C25H32N4O4S. The number of likely N-dealkylation sites (tertiary alicyclic amines) is 1. The summed E-state index contributed by atoms with van der Waals surface area (Å²) in [5.41, 5.74) is 3.51. The number of nitrogens with one attached hydrogen (secondary N) is 1. The molecule has 0 aliphatic carbocycles. The molecule has 0 unspecified atom stereocenters. The third kappa shape index (κ3) is 3.84. The molecule has 3 aliphatic rings. The van der Waals surface area contributed by atoms with Gasteiger partial charge < -0.3 is 14.8 Å². The molecule has 3 aliphatic heterocycles. The molecule has 1 aromatic heterocycles. The fourth-order valence-corrected chi connectivity index (χ4v) is 7.56. The number of aromatic amines is 1. The number of fused-ring (bicyclic) bond motifs is 1. The van der Waals surface area contributed by atoms with E-state index in [0.29, 0.717) is 43.9 Å². The number of rotatable bonds is 4. The van der Waals surface area contributed by atoms with Crippen LogP contribution in [-0.2, 0) is 21.2 Å². The molecule has 5 rings (SSSR count). The van der Waals surface area contributed by atoms with Gasteiger partial charge in [-0.3, -0.25) is 9.59 Å². The van der Waals surface area contributed by atoms with Crippen LogP contribution in [0.3, 0.4) is 0 Å². The van der Waals surface area contributed by atoms with Crippen LogP contribution in [0.4, 0.5) is 5.69 Å². The first-order valence-electron chi connectivity index (χ1n) is 12.2. The number of aromatic nitrogens is 1. The summed E-state index contributed by atoms with van der Waals surface area (Å²) in [5, 5.41) is 0. The van der Waals surface area contributed by atoms with Crippen LogP contribution in [0.1, 0.15) is 53.0 Å². The minimum absolute atomic E-state index is 0.0839. The number of carbonyl (C=O) groups is 2. The van der Waals surface area contributed by atoms with E-state index in [1.807, 2.05) is 23.1 Å². The first-order valence-corrected chi connectivity index (χ1v) is 13.6. The summed E-state index contributed by atoms with van der Waals surface area (Å²) in [4.78, 5) is 33.2. The molecule has 1 aromatic carbocycles. The number of para-hydroxylation sites is 1. The van der Waals surface area contributed by atoms with Crippen LogP contribution < -0.4 is 4.90 Å². The molecule has 2 amide bonds. The Morgan fingerprint density at radius 2 is 1.62 bits per heavy atom. The van der Waals surface area contributed by atoms with Crippen LogP contribution in [-0.4, -0.2) is 67.1 Å². The van der Waals surface area contributed by atoms with Crippen molar-refractivity contribution in [1.82, 2.24) is 14.2 Å². The summed E-state index contributed by atoms with van der Waals surface area (Å²) in [6.45, 7) is 6.02. The van der Waals surface area contributed by atoms with Crippen LogP contribution in [0.5, 0.6) is 0 Å². The molecular weight excluding hydrogens is 452 g/mol. The maximum Gasteiger partial charge on any atom is 0.257 e. The topological polar surface area (TPSA) is 93.8 Å². The van der Waals surface area contributed by atoms with Crippen LogP contribution in [0, 0.1) is 19.8 Å². The number of aryl methyl sites for hydroxylation is 2. The molecule has 0 radical (unpaired) electrons. The third-order valence-electron chi connectivity index (χ3n) is 7.48. The number of amides is 2. The van der Waals surface area contributed by atoms with Gasteiger partial charge in [-0.15, -0.1) is 0 Å². The SMILES string of the molecule is Cc1[nH]c(C)c(S(=O)(=O)N2CCC(C(=O)N3CCc4ccccc43)CC2)c1C(=O)N1CCCC1. The minimum Gasteiger partial charge on any atom is -0.361 e. The van der Waals surface area contributed by atoms with E-state index in [4.69, 9.17) is 0 Å². The number of sulfonamides is 1. The van der Waals surface area contributed by atoms with Gasteiger partial charge in [-0.05, 0) is 57.6 Å². The van der Waals surface area contributed by atoms with E-state index in [1.165, 1.54) is 9.87 Å². The van der Waals surface area contributed by atoms with Gasteiger partial charge in [-0.1, -0.05) is 18.2 Å². The van der Waals surface area contributed by atoms with E-state index < -0.39 is 10.0 Å². The van der Waals surface area contributed by atoms with Gasteiger partial charge in [-0.25, -0.2) is 8.42 Å². The maximum absolute atomic E-state index is 13.7. The molecule has 182 valence electrons. The van der Waals surface area contributed by atoms with E-state index in [1.54, 1.807) is 18.7 Å². The van der Waals surface area contributed by atoms with Gasteiger partial charge in [-0.2, -0.15) is 4.31 Å². The monoisotopic (exact) mass is 484 g/mol. The van der Waals surface area contributed by atoms with Crippen molar-refractivity contribution in [3.05, 3.63) is 46.8 Å². The fourth-order valence-electron chi connectivity index (χ4n) is 5.68. The maximum atomic E-state index is 13.7. The third-order valence-corrected chi connectivity index (χ3v) is 9.55. The Bertz CT molecular complexity index is 1220. The lowest BCUT2D eigenvalue weighted by Crippen LogP contribution is -2.44. The summed E-state index contributed by atoms with van der Waals surface area (Å²) in [6, 6.07) is 7.97. The first kappa shape index (κ1) is 23.1. The molecule has 34 heavy (non-hydrogen) atoms. The highest BCUT2D eigenvalue weighted by Gasteiger charge is 2.39. The number of benzene rings is 1. The smallest absolute Gasteiger partial charge is 0.257 e. The second kappa shape index (κ2) is 8.85. The lowest BCUT2D eigenvalue weighted by molar-refractivity contribution is -0.123. The Balaban J connectivity index is 1.33. The highest BCUT2D eigenvalue weighted by molar-refractivity contribution is 7.89. The Hall–Kier alpha value is -2.65. The van der Waals surface area contributed by atoms with Gasteiger partial charge in [0.1, 0.15) is 4.90 Å². The first-order chi connectivity index (χ1) is 16.3. The molecule has 2 aromatic rings. The van der Waals surface area contributed by atoms with Crippen LogP contribution in [0.15, 0.2) is 29.2 Å². The number of hydrogen-bond donors (Lipinski definition) is 1. The quantitative estimate of drug-likeness (QED) is 0.722. The van der Waals surface area contributed by atoms with Crippen LogP contribution >= 0.6 is 0 Å². The zero-order valence-electron chi connectivity index (χ0n) is 19.8.